The minimum absolute atomic E-state index is 0.0468. The van der Waals surface area contributed by atoms with Crippen LogP contribution < -0.4 is 10.6 Å². The van der Waals surface area contributed by atoms with Crippen molar-refractivity contribution in [1.82, 2.24) is 15.5 Å². The van der Waals surface area contributed by atoms with E-state index in [-0.39, 0.29) is 31.8 Å². The van der Waals surface area contributed by atoms with Crippen LogP contribution in [0.4, 0.5) is 0 Å². The molecule has 0 radical (unpaired) electrons. The first-order chi connectivity index (χ1) is 19.7. The van der Waals surface area contributed by atoms with Gasteiger partial charge < -0.3 is 30.1 Å². The van der Waals surface area contributed by atoms with Crippen LogP contribution in [-0.4, -0.2) is 85.2 Å². The highest BCUT2D eigenvalue weighted by Crippen LogP contribution is 2.17. The van der Waals surface area contributed by atoms with Crippen molar-refractivity contribution in [2.24, 2.45) is 11.8 Å². The van der Waals surface area contributed by atoms with E-state index < -0.39 is 54.3 Å². The Morgan fingerprint density at radius 3 is 2.20 bits per heavy atom. The third-order valence-corrected chi connectivity index (χ3v) is 6.79. The molecule has 224 valence electrons. The lowest BCUT2D eigenvalue weighted by molar-refractivity contribution is -0.157. The summed E-state index contributed by atoms with van der Waals surface area (Å²) in [7, 11) is 1.11. The zero-order valence-corrected chi connectivity index (χ0v) is 23.6. The molecule has 4 atom stereocenters. The van der Waals surface area contributed by atoms with Crippen LogP contribution in [0.1, 0.15) is 37.7 Å². The second-order valence-corrected chi connectivity index (χ2v) is 9.88. The maximum Gasteiger partial charge on any atom is 0.331 e. The van der Waals surface area contributed by atoms with Crippen molar-refractivity contribution in [3.05, 3.63) is 61.2 Å². The van der Waals surface area contributed by atoms with Crippen molar-refractivity contribution in [1.29, 1.82) is 0 Å². The maximum absolute atomic E-state index is 13.1. The minimum Gasteiger partial charge on any atom is -0.467 e. The summed E-state index contributed by atoms with van der Waals surface area (Å²) < 4.78 is 10.1. The Morgan fingerprint density at radius 2 is 1.61 bits per heavy atom. The standard InChI is InChI=1S/C30H41N3O8/c1-4-11-22(18-26(35)33-15-9-10-16-33)29(38)41-20-25(30(39)40-3)32-28(37)24(12-5-2)27(36)31-23(19-34)17-21-13-7-6-8-14-21/h4-8,13-14,22-25,34H,1-2,9-12,15-20H2,3H3,(H,31,36)(H,32,37)/t22-,23+,24?,25+/m0/s1. The molecule has 0 bridgehead atoms. The molecule has 1 saturated heterocycles. The van der Waals surface area contributed by atoms with Gasteiger partial charge in [0.05, 0.1) is 25.7 Å². The van der Waals surface area contributed by atoms with Gasteiger partial charge in [-0.05, 0) is 37.7 Å². The lowest BCUT2D eigenvalue weighted by atomic mass is 10.0. The number of methoxy groups -OCH3 is 1. The highest BCUT2D eigenvalue weighted by Gasteiger charge is 2.33. The Kier molecular flexibility index (Phi) is 14.3. The Bertz CT molecular complexity index is 1060. The van der Waals surface area contributed by atoms with Gasteiger partial charge >= 0.3 is 11.9 Å². The fourth-order valence-corrected chi connectivity index (χ4v) is 4.50. The number of carbonyl (C=O) groups is 5. The van der Waals surface area contributed by atoms with Crippen molar-refractivity contribution >= 4 is 29.7 Å². The van der Waals surface area contributed by atoms with E-state index in [1.807, 2.05) is 30.3 Å². The van der Waals surface area contributed by atoms with Crippen LogP contribution in [-0.2, 0) is 39.9 Å². The maximum atomic E-state index is 13.1. The molecule has 41 heavy (non-hydrogen) atoms. The average Bonchev–Trinajstić information content (AvgIpc) is 3.52. The van der Waals surface area contributed by atoms with E-state index >= 15 is 0 Å². The largest absolute Gasteiger partial charge is 0.467 e. The molecule has 1 heterocycles. The molecule has 1 aliphatic heterocycles. The van der Waals surface area contributed by atoms with Gasteiger partial charge in [0.2, 0.25) is 17.7 Å². The van der Waals surface area contributed by atoms with Gasteiger partial charge in [-0.3, -0.25) is 19.2 Å². The number of nitrogens with one attached hydrogen (secondary N) is 2. The Hall–Kier alpha value is -3.99. The second kappa shape index (κ2) is 17.6. The van der Waals surface area contributed by atoms with Gasteiger partial charge in [-0.25, -0.2) is 4.79 Å². The van der Waals surface area contributed by atoms with Crippen LogP contribution in [0.15, 0.2) is 55.6 Å². The summed E-state index contributed by atoms with van der Waals surface area (Å²) >= 11 is 0. The number of carbonyl (C=O) groups excluding carboxylic acids is 5. The Balaban J connectivity index is 2.03. The normalized spacial score (nSPS) is 15.5. The molecule has 1 aromatic rings. The van der Waals surface area contributed by atoms with Crippen LogP contribution in [0.2, 0.25) is 0 Å². The molecular weight excluding hydrogens is 530 g/mol. The van der Waals surface area contributed by atoms with Gasteiger partial charge in [0, 0.05) is 19.5 Å². The molecule has 11 heteroatoms. The van der Waals surface area contributed by atoms with Crippen LogP contribution in [0.3, 0.4) is 0 Å². The van der Waals surface area contributed by atoms with Crippen molar-refractivity contribution in [3.8, 4) is 0 Å². The summed E-state index contributed by atoms with van der Waals surface area (Å²) in [6, 6.07) is 7.19. The molecule has 0 aliphatic carbocycles. The number of aliphatic hydroxyl groups is 1. The first-order valence-corrected chi connectivity index (χ1v) is 13.7. The summed E-state index contributed by atoms with van der Waals surface area (Å²) in [5, 5.41) is 14.9. The number of amides is 3. The Morgan fingerprint density at radius 1 is 0.976 bits per heavy atom. The number of benzene rings is 1. The lowest BCUT2D eigenvalue weighted by Crippen LogP contribution is -2.52. The van der Waals surface area contributed by atoms with Crippen LogP contribution in [0, 0.1) is 11.8 Å². The fourth-order valence-electron chi connectivity index (χ4n) is 4.50. The average molecular weight is 572 g/mol. The third-order valence-electron chi connectivity index (χ3n) is 6.79. The molecule has 2 rings (SSSR count). The monoisotopic (exact) mass is 571 g/mol. The minimum atomic E-state index is -1.40. The number of nitrogens with zero attached hydrogens (tertiary/aromatic N) is 1. The molecule has 11 nitrogen and oxygen atoms in total. The molecule has 3 amide bonds. The molecular formula is C30H41N3O8. The lowest BCUT2D eigenvalue weighted by Gasteiger charge is -2.23. The molecule has 3 N–H and O–H groups in total. The van der Waals surface area contributed by atoms with Gasteiger partial charge in [-0.15, -0.1) is 13.2 Å². The predicted octanol–water partition coefficient (Wildman–Crippen LogP) is 1.30. The van der Waals surface area contributed by atoms with Gasteiger partial charge in [0.1, 0.15) is 12.5 Å². The van der Waals surface area contributed by atoms with Crippen LogP contribution >= 0.6 is 0 Å². The summed E-state index contributed by atoms with van der Waals surface area (Å²) in [4.78, 5) is 65.6. The summed E-state index contributed by atoms with van der Waals surface area (Å²) in [6.45, 7) is 7.63. The molecule has 0 aromatic heterocycles. The van der Waals surface area contributed by atoms with E-state index in [0.717, 1.165) is 25.5 Å². The SMILES string of the molecule is C=CCC(C(=O)N[C@@H](CO)Cc1ccccc1)C(=O)N[C@H](COC(=O)[C@@H](CC=C)CC(=O)N1CCCC1)C(=O)OC. The number of hydrogen-bond donors (Lipinski definition) is 3. The van der Waals surface area contributed by atoms with E-state index in [1.54, 1.807) is 4.90 Å². The number of aliphatic hydroxyl groups excluding tert-OH is 1. The van der Waals surface area contributed by atoms with Gasteiger partial charge in [-0.1, -0.05) is 42.5 Å². The molecule has 1 aromatic carbocycles. The number of rotatable bonds is 17. The molecule has 0 saturated carbocycles. The predicted molar refractivity (Wildman–Crippen MR) is 151 cm³/mol. The highest BCUT2D eigenvalue weighted by atomic mass is 16.5. The third kappa shape index (κ3) is 10.8. The van der Waals surface area contributed by atoms with E-state index in [2.05, 4.69) is 23.8 Å². The van der Waals surface area contributed by atoms with Crippen LogP contribution in [0.5, 0.6) is 0 Å². The van der Waals surface area contributed by atoms with Gasteiger partial charge in [-0.2, -0.15) is 0 Å². The van der Waals surface area contributed by atoms with E-state index in [1.165, 1.54) is 12.2 Å². The second-order valence-electron chi connectivity index (χ2n) is 9.88. The van der Waals surface area contributed by atoms with E-state index in [0.29, 0.717) is 19.5 Å². The fraction of sp³-hybridized carbons (Fsp3) is 0.500. The number of esters is 2. The number of hydrogen-bond acceptors (Lipinski definition) is 8. The van der Waals surface area contributed by atoms with Gasteiger partial charge in [0.15, 0.2) is 6.04 Å². The van der Waals surface area contributed by atoms with Crippen molar-refractivity contribution < 1.29 is 38.6 Å². The molecule has 0 spiro atoms. The topological polar surface area (TPSA) is 151 Å². The number of allylic oxidation sites excluding steroid dienone is 2. The molecule has 1 unspecified atom stereocenters. The zero-order valence-electron chi connectivity index (χ0n) is 23.6. The van der Waals surface area contributed by atoms with Crippen molar-refractivity contribution in [3.63, 3.8) is 0 Å². The summed E-state index contributed by atoms with van der Waals surface area (Å²) in [5.74, 6) is -5.29. The highest BCUT2D eigenvalue weighted by molar-refractivity contribution is 6.01. The zero-order chi connectivity index (χ0) is 30.2. The van der Waals surface area contributed by atoms with Gasteiger partial charge in [0.25, 0.3) is 0 Å². The van der Waals surface area contributed by atoms with Crippen LogP contribution in [0.25, 0.3) is 0 Å². The first-order valence-electron chi connectivity index (χ1n) is 13.7. The molecule has 1 aliphatic rings. The number of ether oxygens (including phenoxy) is 2. The Labute approximate surface area is 240 Å². The van der Waals surface area contributed by atoms with Crippen molar-refractivity contribution in [2.45, 2.75) is 50.6 Å². The summed E-state index contributed by atoms with van der Waals surface area (Å²) in [5.41, 5.74) is 0.890. The molecule has 1 fully saturated rings. The van der Waals surface area contributed by atoms with Crippen molar-refractivity contribution in [2.75, 3.05) is 33.4 Å². The first kappa shape index (κ1) is 33.2. The van der Waals surface area contributed by atoms with E-state index in [4.69, 9.17) is 9.47 Å². The number of likely N-dealkylation sites (tertiary alicyclic amines) is 1. The quantitative estimate of drug-likeness (QED) is 0.144. The van der Waals surface area contributed by atoms with E-state index in [9.17, 15) is 29.1 Å². The summed E-state index contributed by atoms with van der Waals surface area (Å²) in [6.07, 6.45) is 5.18. The smallest absolute Gasteiger partial charge is 0.331 e.